The SMILES string of the molecule is CC(=O)CNC(=O)[C@H](CO)NC(=O)[C@H](CO)NC(=O)CNC(=O)[C@H](CO)NC(=O)[C@H](CO)NC(=O)CC[C@H](NC(=O)CCCCCCCCCCCCC(=O)O)C(=O)O. The van der Waals surface area contributed by atoms with E-state index in [2.05, 4.69) is 37.2 Å². The second-order valence-electron chi connectivity index (χ2n) is 13.7. The van der Waals surface area contributed by atoms with E-state index in [1.165, 1.54) is 6.92 Å². The summed E-state index contributed by atoms with van der Waals surface area (Å²) in [5.41, 5.74) is 0. The van der Waals surface area contributed by atoms with Crippen LogP contribution in [-0.2, 0) is 47.9 Å². The van der Waals surface area contributed by atoms with Gasteiger partial charge >= 0.3 is 11.9 Å². The van der Waals surface area contributed by atoms with Crippen molar-refractivity contribution in [1.29, 1.82) is 0 Å². The number of hydrogen-bond acceptors (Lipinski definition) is 14. The van der Waals surface area contributed by atoms with Gasteiger partial charge in [-0.25, -0.2) is 4.79 Å². The largest absolute Gasteiger partial charge is 0.481 e. The number of rotatable bonds is 34. The van der Waals surface area contributed by atoms with Crippen molar-refractivity contribution in [2.75, 3.05) is 39.5 Å². The molecule has 0 fully saturated rings. The maximum Gasteiger partial charge on any atom is 0.326 e. The Morgan fingerprint density at radius 2 is 0.763 bits per heavy atom. The second kappa shape index (κ2) is 31.7. The molecule has 0 saturated heterocycles. The van der Waals surface area contributed by atoms with Crippen LogP contribution in [0.5, 0.6) is 0 Å². The Balaban J connectivity index is 4.74. The minimum Gasteiger partial charge on any atom is -0.481 e. The highest BCUT2D eigenvalue weighted by molar-refractivity contribution is 5.96. The molecule has 0 spiro atoms. The molecule has 23 heteroatoms. The van der Waals surface area contributed by atoms with Crippen molar-refractivity contribution in [3.05, 3.63) is 0 Å². The molecule has 23 nitrogen and oxygen atoms in total. The number of aliphatic hydroxyl groups is 4. The molecule has 5 atom stereocenters. The molecule has 0 aliphatic heterocycles. The number of ketones is 1. The van der Waals surface area contributed by atoms with Gasteiger partial charge in [-0.15, -0.1) is 0 Å². The molecule has 0 heterocycles. The Morgan fingerprint density at radius 3 is 1.17 bits per heavy atom. The topological polar surface area (TPSA) is 376 Å². The van der Waals surface area contributed by atoms with Crippen molar-refractivity contribution in [3.8, 4) is 0 Å². The maximum atomic E-state index is 12.7. The lowest BCUT2D eigenvalue weighted by Crippen LogP contribution is -2.58. The fourth-order valence-corrected chi connectivity index (χ4v) is 5.23. The van der Waals surface area contributed by atoms with Crippen LogP contribution in [0.3, 0.4) is 0 Å². The van der Waals surface area contributed by atoms with Crippen molar-refractivity contribution < 1.29 is 78.6 Å². The molecule has 0 radical (unpaired) electrons. The van der Waals surface area contributed by atoms with Crippen molar-refractivity contribution in [1.82, 2.24) is 37.2 Å². The molecular formula is C36H61N7O16. The van der Waals surface area contributed by atoms with Gasteiger partial charge in [-0.3, -0.25) is 43.2 Å². The van der Waals surface area contributed by atoms with Gasteiger partial charge in [-0.05, 0) is 26.2 Å². The highest BCUT2D eigenvalue weighted by atomic mass is 16.4. The fraction of sp³-hybridized carbons (Fsp3) is 0.722. The molecular weight excluding hydrogens is 786 g/mol. The molecule has 59 heavy (non-hydrogen) atoms. The summed E-state index contributed by atoms with van der Waals surface area (Å²) in [5, 5.41) is 71.5. The highest BCUT2D eigenvalue weighted by Crippen LogP contribution is 2.12. The van der Waals surface area contributed by atoms with E-state index in [1.54, 1.807) is 0 Å². The first-order valence-corrected chi connectivity index (χ1v) is 19.4. The van der Waals surface area contributed by atoms with Gasteiger partial charge < -0.3 is 67.9 Å². The number of amides is 7. The van der Waals surface area contributed by atoms with Gasteiger partial charge in [0.2, 0.25) is 41.4 Å². The van der Waals surface area contributed by atoms with Crippen LogP contribution < -0.4 is 37.2 Å². The number of Topliss-reactive ketones (excluding diaryl/α,β-unsaturated/α-hetero) is 1. The third-order valence-electron chi connectivity index (χ3n) is 8.57. The standard InChI is InChI=1S/C36H61N7O16/c1-22(48)16-37-32(54)24(18-44)42-35(57)27(21-47)41-30(51)17-38-33(55)25(19-45)43-34(56)26(20-46)40-29(50)15-14-23(36(58)59)39-28(49)12-10-8-6-4-2-3-5-7-9-11-13-31(52)53/h23-27,44-47H,2-21H2,1H3,(H,37,54)(H,38,55)(H,39,49)(H,40,50)(H,41,51)(H,42,57)(H,43,56)(H,52,53)(H,58,59)/t23-,24-,25-,26-,27-/m0/s1. The molecule has 0 aromatic rings. The maximum absolute atomic E-state index is 12.7. The fourth-order valence-electron chi connectivity index (χ4n) is 5.23. The van der Waals surface area contributed by atoms with E-state index in [0.717, 1.165) is 51.4 Å². The molecule has 7 amide bonds. The van der Waals surface area contributed by atoms with Crippen LogP contribution >= 0.6 is 0 Å². The monoisotopic (exact) mass is 847 g/mol. The molecule has 0 bridgehead atoms. The van der Waals surface area contributed by atoms with E-state index >= 15 is 0 Å². The first-order chi connectivity index (χ1) is 28.0. The number of unbranched alkanes of at least 4 members (excludes halogenated alkanes) is 9. The number of carbonyl (C=O) groups excluding carboxylic acids is 8. The number of carboxylic acid groups (broad SMARTS) is 2. The molecule has 336 valence electrons. The van der Waals surface area contributed by atoms with Crippen LogP contribution in [0.15, 0.2) is 0 Å². The zero-order valence-electron chi connectivity index (χ0n) is 33.3. The molecule has 0 aromatic heterocycles. The summed E-state index contributed by atoms with van der Waals surface area (Å²) in [6, 6.07) is -7.98. The summed E-state index contributed by atoms with van der Waals surface area (Å²) in [4.78, 5) is 120. The number of carbonyl (C=O) groups is 10. The molecule has 0 aliphatic carbocycles. The van der Waals surface area contributed by atoms with Crippen molar-refractivity contribution in [2.24, 2.45) is 0 Å². The lowest BCUT2D eigenvalue weighted by molar-refractivity contribution is -0.142. The molecule has 0 rings (SSSR count). The van der Waals surface area contributed by atoms with Gasteiger partial charge in [-0.2, -0.15) is 0 Å². The number of aliphatic hydroxyl groups excluding tert-OH is 4. The second-order valence-corrected chi connectivity index (χ2v) is 13.7. The Kier molecular flexibility index (Phi) is 28.9. The summed E-state index contributed by atoms with van der Waals surface area (Å²) in [6.45, 7) is -3.89. The van der Waals surface area contributed by atoms with E-state index in [9.17, 15) is 73.5 Å². The minimum atomic E-state index is -1.71. The van der Waals surface area contributed by atoms with Crippen molar-refractivity contribution in [3.63, 3.8) is 0 Å². The van der Waals surface area contributed by atoms with Crippen molar-refractivity contribution in [2.45, 2.75) is 127 Å². The summed E-state index contributed by atoms with van der Waals surface area (Å²) >= 11 is 0. The van der Waals surface area contributed by atoms with Gasteiger partial charge in [0.25, 0.3) is 0 Å². The van der Waals surface area contributed by atoms with E-state index < -0.39 is 129 Å². The van der Waals surface area contributed by atoms with E-state index in [4.69, 9.17) is 5.11 Å². The summed E-state index contributed by atoms with van der Waals surface area (Å²) in [5.74, 6) is -9.31. The van der Waals surface area contributed by atoms with Crippen LogP contribution in [0.4, 0.5) is 0 Å². The summed E-state index contributed by atoms with van der Waals surface area (Å²) in [6.07, 6.45) is 8.24. The summed E-state index contributed by atoms with van der Waals surface area (Å²) < 4.78 is 0. The van der Waals surface area contributed by atoms with E-state index in [-0.39, 0.29) is 25.8 Å². The lowest BCUT2D eigenvalue weighted by Gasteiger charge is -2.22. The summed E-state index contributed by atoms with van der Waals surface area (Å²) in [7, 11) is 0. The first-order valence-electron chi connectivity index (χ1n) is 19.4. The smallest absolute Gasteiger partial charge is 0.326 e. The number of nitrogens with one attached hydrogen (secondary N) is 7. The van der Waals surface area contributed by atoms with Crippen molar-refractivity contribution >= 4 is 59.1 Å². The Labute approximate surface area is 341 Å². The van der Waals surface area contributed by atoms with Gasteiger partial charge in [0, 0.05) is 19.3 Å². The van der Waals surface area contributed by atoms with E-state index in [0.29, 0.717) is 12.8 Å². The molecule has 0 saturated carbocycles. The zero-order chi connectivity index (χ0) is 44.8. The van der Waals surface area contributed by atoms with Gasteiger partial charge in [0.15, 0.2) is 0 Å². The van der Waals surface area contributed by atoms with Gasteiger partial charge in [-0.1, -0.05) is 51.4 Å². The van der Waals surface area contributed by atoms with E-state index in [1.807, 2.05) is 0 Å². The first kappa shape index (κ1) is 53.7. The Morgan fingerprint density at radius 1 is 0.407 bits per heavy atom. The van der Waals surface area contributed by atoms with Crippen LogP contribution in [0.2, 0.25) is 0 Å². The molecule has 0 aliphatic rings. The third kappa shape index (κ3) is 25.7. The average Bonchev–Trinajstić information content (AvgIpc) is 3.19. The van der Waals surface area contributed by atoms with Crippen LogP contribution in [0, 0.1) is 0 Å². The molecule has 0 aromatic carbocycles. The van der Waals surface area contributed by atoms with Crippen LogP contribution in [0.1, 0.15) is 96.8 Å². The predicted octanol–water partition coefficient (Wildman–Crippen LogP) is -4.17. The van der Waals surface area contributed by atoms with Gasteiger partial charge in [0.1, 0.15) is 36.0 Å². The molecule has 13 N–H and O–H groups in total. The predicted molar refractivity (Wildman–Crippen MR) is 205 cm³/mol. The Hall–Kier alpha value is -5.26. The number of hydrogen-bond donors (Lipinski definition) is 13. The normalized spacial score (nSPS) is 13.3. The lowest BCUT2D eigenvalue weighted by atomic mass is 10.0. The third-order valence-corrected chi connectivity index (χ3v) is 8.57. The minimum absolute atomic E-state index is 0.0782. The number of aliphatic carboxylic acids is 2. The quantitative estimate of drug-likeness (QED) is 0.0273. The average molecular weight is 848 g/mol. The van der Waals surface area contributed by atoms with Crippen LogP contribution in [-0.4, -0.2) is 159 Å². The highest BCUT2D eigenvalue weighted by Gasteiger charge is 2.29. The van der Waals surface area contributed by atoms with Crippen LogP contribution in [0.25, 0.3) is 0 Å². The van der Waals surface area contributed by atoms with Gasteiger partial charge in [0.05, 0.1) is 39.5 Å². The zero-order valence-corrected chi connectivity index (χ0v) is 33.3. The Bertz CT molecular complexity index is 1400. The number of carboxylic acids is 2. The molecule has 0 unspecified atom stereocenters.